The fourth-order valence-corrected chi connectivity index (χ4v) is 3.24. The van der Waals surface area contributed by atoms with Gasteiger partial charge in [0.1, 0.15) is 5.75 Å². The number of ether oxygens (including phenoxy) is 1. The molecule has 0 bridgehead atoms. The van der Waals surface area contributed by atoms with E-state index in [1.807, 2.05) is 31.2 Å². The first-order valence-electron chi connectivity index (χ1n) is 7.92. The van der Waals surface area contributed by atoms with Gasteiger partial charge in [-0.15, -0.1) is 11.3 Å². The maximum Gasteiger partial charge on any atom is 0.270 e. The molecule has 0 unspecified atom stereocenters. The van der Waals surface area contributed by atoms with Crippen LogP contribution in [-0.2, 0) is 0 Å². The van der Waals surface area contributed by atoms with Crippen molar-refractivity contribution in [3.63, 3.8) is 0 Å². The van der Waals surface area contributed by atoms with E-state index in [2.05, 4.69) is 10.3 Å². The van der Waals surface area contributed by atoms with E-state index in [1.54, 1.807) is 5.38 Å². The highest BCUT2D eigenvalue weighted by Gasteiger charge is 2.17. The molecule has 0 spiro atoms. The summed E-state index contributed by atoms with van der Waals surface area (Å²) >= 11 is 7.24. The number of nitro benzene ring substituents is 1. The van der Waals surface area contributed by atoms with Crippen LogP contribution >= 0.6 is 22.9 Å². The summed E-state index contributed by atoms with van der Waals surface area (Å²) in [4.78, 5) is 27.1. The number of benzene rings is 2. The zero-order valence-electron chi connectivity index (χ0n) is 14.1. The molecule has 138 valence electrons. The van der Waals surface area contributed by atoms with Gasteiger partial charge < -0.3 is 4.74 Å². The normalized spacial score (nSPS) is 10.4. The van der Waals surface area contributed by atoms with Crippen molar-refractivity contribution in [2.75, 3.05) is 11.9 Å². The molecule has 0 aliphatic heterocycles. The Labute approximate surface area is 163 Å². The third kappa shape index (κ3) is 4.42. The molecule has 2 aromatic carbocycles. The van der Waals surface area contributed by atoms with E-state index in [0.29, 0.717) is 17.4 Å². The van der Waals surface area contributed by atoms with Gasteiger partial charge in [-0.05, 0) is 37.3 Å². The van der Waals surface area contributed by atoms with Gasteiger partial charge in [-0.1, -0.05) is 11.6 Å². The Bertz CT molecular complexity index is 989. The maximum atomic E-state index is 12.4. The molecule has 1 amide bonds. The molecule has 9 heteroatoms. The highest BCUT2D eigenvalue weighted by Crippen LogP contribution is 2.28. The van der Waals surface area contributed by atoms with Gasteiger partial charge in [-0.25, -0.2) is 4.98 Å². The minimum atomic E-state index is -0.583. The largest absolute Gasteiger partial charge is 0.494 e. The van der Waals surface area contributed by atoms with E-state index in [4.69, 9.17) is 16.3 Å². The first kappa shape index (κ1) is 18.8. The Morgan fingerprint density at radius 2 is 2.04 bits per heavy atom. The lowest BCUT2D eigenvalue weighted by molar-refractivity contribution is -0.384. The van der Waals surface area contributed by atoms with Gasteiger partial charge in [0.05, 0.1) is 27.8 Å². The smallest absolute Gasteiger partial charge is 0.270 e. The monoisotopic (exact) mass is 403 g/mol. The Balaban J connectivity index is 1.76. The van der Waals surface area contributed by atoms with Gasteiger partial charge in [0, 0.05) is 23.1 Å². The summed E-state index contributed by atoms with van der Waals surface area (Å²) in [5, 5.41) is 15.8. The zero-order valence-corrected chi connectivity index (χ0v) is 15.7. The number of thiazole rings is 1. The van der Waals surface area contributed by atoms with Gasteiger partial charge >= 0.3 is 0 Å². The number of anilines is 1. The average Bonchev–Trinajstić information content (AvgIpc) is 3.11. The van der Waals surface area contributed by atoms with Crippen LogP contribution in [0.1, 0.15) is 17.3 Å². The van der Waals surface area contributed by atoms with Crippen molar-refractivity contribution in [1.82, 2.24) is 4.98 Å². The van der Waals surface area contributed by atoms with Gasteiger partial charge in [0.25, 0.3) is 11.6 Å². The number of nitrogens with one attached hydrogen (secondary N) is 1. The molecule has 0 fully saturated rings. The van der Waals surface area contributed by atoms with Crippen molar-refractivity contribution in [2.24, 2.45) is 0 Å². The third-order valence-corrected chi connectivity index (χ3v) is 4.68. The molecule has 3 rings (SSSR count). The van der Waals surface area contributed by atoms with Crippen molar-refractivity contribution >= 4 is 39.7 Å². The summed E-state index contributed by atoms with van der Waals surface area (Å²) in [6, 6.07) is 11.2. The van der Waals surface area contributed by atoms with Crippen molar-refractivity contribution in [3.8, 4) is 17.0 Å². The zero-order chi connectivity index (χ0) is 19.4. The van der Waals surface area contributed by atoms with E-state index in [9.17, 15) is 14.9 Å². The molecular formula is C18H14ClN3O4S. The lowest BCUT2D eigenvalue weighted by Crippen LogP contribution is -2.12. The van der Waals surface area contributed by atoms with Crippen LogP contribution in [0.5, 0.6) is 5.75 Å². The molecule has 1 heterocycles. The minimum Gasteiger partial charge on any atom is -0.494 e. The molecule has 3 aromatic rings. The summed E-state index contributed by atoms with van der Waals surface area (Å²) in [6.07, 6.45) is 0. The van der Waals surface area contributed by atoms with Crippen molar-refractivity contribution < 1.29 is 14.5 Å². The number of amides is 1. The molecule has 0 saturated carbocycles. The SMILES string of the molecule is CCOc1ccc(-c2csc(NC(=O)c3cc([N+](=O)[O-])ccc3Cl)n2)cc1. The van der Waals surface area contributed by atoms with E-state index >= 15 is 0 Å². The number of rotatable bonds is 6. The van der Waals surface area contributed by atoms with Gasteiger partial charge in [-0.3, -0.25) is 20.2 Å². The van der Waals surface area contributed by atoms with Crippen molar-refractivity contribution in [3.05, 3.63) is 68.5 Å². The van der Waals surface area contributed by atoms with Gasteiger partial charge in [0.2, 0.25) is 0 Å². The molecular weight excluding hydrogens is 390 g/mol. The maximum absolute atomic E-state index is 12.4. The first-order chi connectivity index (χ1) is 13.0. The second-order valence-electron chi connectivity index (χ2n) is 5.37. The number of hydrogen-bond donors (Lipinski definition) is 1. The molecule has 0 atom stereocenters. The van der Waals surface area contributed by atoms with E-state index < -0.39 is 10.8 Å². The number of halogens is 1. The Kier molecular flexibility index (Phi) is 5.68. The summed E-state index contributed by atoms with van der Waals surface area (Å²) in [6.45, 7) is 2.50. The van der Waals surface area contributed by atoms with Crippen molar-refractivity contribution in [1.29, 1.82) is 0 Å². The highest BCUT2D eigenvalue weighted by atomic mass is 35.5. The van der Waals surface area contributed by atoms with Crippen LogP contribution in [0, 0.1) is 10.1 Å². The first-order valence-corrected chi connectivity index (χ1v) is 9.17. The summed E-state index contributed by atoms with van der Waals surface area (Å²) in [5.74, 6) is 0.210. The molecule has 0 radical (unpaired) electrons. The molecule has 0 aliphatic carbocycles. The number of carbonyl (C=O) groups is 1. The fourth-order valence-electron chi connectivity index (χ4n) is 2.32. The predicted octanol–water partition coefficient (Wildman–Crippen LogP) is 5.02. The van der Waals surface area contributed by atoms with E-state index in [1.165, 1.54) is 23.5 Å². The van der Waals surface area contributed by atoms with Crippen LogP contribution in [0.3, 0.4) is 0 Å². The topological polar surface area (TPSA) is 94.4 Å². The second-order valence-corrected chi connectivity index (χ2v) is 6.64. The molecule has 7 nitrogen and oxygen atoms in total. The highest BCUT2D eigenvalue weighted by molar-refractivity contribution is 7.14. The van der Waals surface area contributed by atoms with E-state index in [-0.39, 0.29) is 16.3 Å². The van der Waals surface area contributed by atoms with Crippen LogP contribution < -0.4 is 10.1 Å². The lowest BCUT2D eigenvalue weighted by atomic mass is 10.2. The fraction of sp³-hybridized carbons (Fsp3) is 0.111. The minimum absolute atomic E-state index is 0.0173. The second kappa shape index (κ2) is 8.15. The molecule has 1 aromatic heterocycles. The quantitative estimate of drug-likeness (QED) is 0.460. The van der Waals surface area contributed by atoms with Crippen LogP contribution in [0.25, 0.3) is 11.3 Å². The number of nitro groups is 1. The number of hydrogen-bond acceptors (Lipinski definition) is 6. The number of non-ortho nitro benzene ring substituents is 1. The van der Waals surface area contributed by atoms with Crippen LogP contribution in [0.15, 0.2) is 47.8 Å². The number of aromatic nitrogens is 1. The van der Waals surface area contributed by atoms with E-state index in [0.717, 1.165) is 17.4 Å². The molecule has 0 saturated heterocycles. The Morgan fingerprint density at radius 3 is 2.70 bits per heavy atom. The number of carbonyl (C=O) groups excluding carboxylic acids is 1. The molecule has 0 aliphatic rings. The van der Waals surface area contributed by atoms with Crippen LogP contribution in [0.4, 0.5) is 10.8 Å². The average molecular weight is 404 g/mol. The number of nitrogens with zero attached hydrogens (tertiary/aromatic N) is 2. The predicted molar refractivity (Wildman–Crippen MR) is 105 cm³/mol. The summed E-state index contributed by atoms with van der Waals surface area (Å²) in [5.41, 5.74) is 1.38. The Hall–Kier alpha value is -2.97. The molecule has 1 N–H and O–H groups in total. The van der Waals surface area contributed by atoms with Gasteiger partial charge in [0.15, 0.2) is 5.13 Å². The summed E-state index contributed by atoms with van der Waals surface area (Å²) < 4.78 is 5.41. The Morgan fingerprint density at radius 1 is 1.30 bits per heavy atom. The standard InChI is InChI=1S/C18H14ClN3O4S/c1-2-26-13-6-3-11(4-7-13)16-10-27-18(20-16)21-17(23)14-9-12(22(24)25)5-8-15(14)19/h3-10H,2H2,1H3,(H,20,21,23). The third-order valence-electron chi connectivity index (χ3n) is 3.59. The summed E-state index contributed by atoms with van der Waals surface area (Å²) in [7, 11) is 0. The lowest BCUT2D eigenvalue weighted by Gasteiger charge is -2.04. The van der Waals surface area contributed by atoms with Gasteiger partial charge in [-0.2, -0.15) is 0 Å². The van der Waals surface area contributed by atoms with Crippen molar-refractivity contribution in [2.45, 2.75) is 6.92 Å². The van der Waals surface area contributed by atoms with Crippen LogP contribution in [0.2, 0.25) is 5.02 Å². The molecule has 27 heavy (non-hydrogen) atoms. The van der Waals surface area contributed by atoms with Crippen LogP contribution in [-0.4, -0.2) is 22.4 Å².